The molecule has 1 aliphatic rings. The van der Waals surface area contributed by atoms with Gasteiger partial charge in [0.25, 0.3) is 11.5 Å². The van der Waals surface area contributed by atoms with Gasteiger partial charge in [0, 0.05) is 16.1 Å². The first-order chi connectivity index (χ1) is 17.4. The Balaban J connectivity index is 1.41. The van der Waals surface area contributed by atoms with Crippen LogP contribution in [-0.4, -0.2) is 20.5 Å². The van der Waals surface area contributed by atoms with Gasteiger partial charge in [-0.2, -0.15) is 5.10 Å². The molecule has 180 valence electrons. The third-order valence-corrected chi connectivity index (χ3v) is 7.72. The average molecular weight is 497 g/mol. The van der Waals surface area contributed by atoms with Crippen molar-refractivity contribution in [1.82, 2.24) is 19.9 Å². The smallest absolute Gasteiger partial charge is 0.274 e. The van der Waals surface area contributed by atoms with Crippen LogP contribution in [-0.2, 0) is 5.54 Å². The molecule has 1 saturated carbocycles. The molecule has 1 amide bonds. The molecule has 0 unspecified atom stereocenters. The van der Waals surface area contributed by atoms with Crippen molar-refractivity contribution in [1.29, 1.82) is 0 Å². The first-order valence-electron chi connectivity index (χ1n) is 12.1. The van der Waals surface area contributed by atoms with Crippen molar-refractivity contribution in [2.45, 2.75) is 38.6 Å². The van der Waals surface area contributed by atoms with Crippen LogP contribution in [0.1, 0.15) is 46.6 Å². The van der Waals surface area contributed by atoms with E-state index >= 15 is 0 Å². The minimum atomic E-state index is -0.443. The fourth-order valence-corrected chi connectivity index (χ4v) is 5.40. The Morgan fingerprint density at radius 2 is 1.75 bits per heavy atom. The SMILES string of the molecule is Cc1c(C(=O)NC2(c3ccc(Cl)cc3)CCC2)nn2c(C)c(-c3ccc4ccccc4c3)[nH]c(=O)c12. The van der Waals surface area contributed by atoms with Crippen molar-refractivity contribution in [3.8, 4) is 11.3 Å². The maximum Gasteiger partial charge on any atom is 0.274 e. The molecular formula is C29H25ClN4O2. The molecule has 6 nitrogen and oxygen atoms in total. The molecule has 0 radical (unpaired) electrons. The maximum absolute atomic E-state index is 13.5. The fourth-order valence-electron chi connectivity index (χ4n) is 5.28. The Hall–Kier alpha value is -3.90. The standard InChI is InChI=1S/C29H25ClN4O2/c1-17-24(27(35)32-29(14-5-15-29)22-10-12-23(30)13-11-22)33-34-18(2)25(31-28(36)26(17)34)21-9-8-19-6-3-4-7-20(19)16-21/h3-4,6-13,16H,5,14-15H2,1-2H3,(H,31,36)(H,32,35). The van der Waals surface area contributed by atoms with Gasteiger partial charge in [-0.15, -0.1) is 0 Å². The highest BCUT2D eigenvalue weighted by molar-refractivity contribution is 6.30. The van der Waals surface area contributed by atoms with E-state index in [0.29, 0.717) is 21.8 Å². The number of halogens is 1. The topological polar surface area (TPSA) is 79.3 Å². The quantitative estimate of drug-likeness (QED) is 0.324. The van der Waals surface area contributed by atoms with Crippen LogP contribution in [0.25, 0.3) is 27.5 Å². The third kappa shape index (κ3) is 3.52. The molecule has 2 N–H and O–H groups in total. The summed E-state index contributed by atoms with van der Waals surface area (Å²) in [5, 5.41) is 10.7. The van der Waals surface area contributed by atoms with Crippen molar-refractivity contribution >= 4 is 33.8 Å². The van der Waals surface area contributed by atoms with Crippen molar-refractivity contribution in [2.75, 3.05) is 0 Å². The summed E-state index contributed by atoms with van der Waals surface area (Å²) in [6.45, 7) is 3.68. The molecule has 0 saturated heterocycles. The zero-order valence-corrected chi connectivity index (χ0v) is 20.8. The number of nitrogens with one attached hydrogen (secondary N) is 2. The predicted molar refractivity (Wildman–Crippen MR) is 143 cm³/mol. The molecule has 0 atom stereocenters. The number of nitrogens with zero attached hydrogens (tertiary/aromatic N) is 2. The number of hydrogen-bond acceptors (Lipinski definition) is 3. The Morgan fingerprint density at radius 1 is 1.03 bits per heavy atom. The van der Waals surface area contributed by atoms with E-state index in [1.165, 1.54) is 0 Å². The van der Waals surface area contributed by atoms with E-state index in [0.717, 1.165) is 46.9 Å². The molecule has 3 aromatic carbocycles. The molecule has 5 aromatic rings. The zero-order chi connectivity index (χ0) is 25.0. The van der Waals surface area contributed by atoms with E-state index < -0.39 is 5.54 Å². The minimum absolute atomic E-state index is 0.263. The van der Waals surface area contributed by atoms with Crippen LogP contribution in [0.3, 0.4) is 0 Å². The van der Waals surface area contributed by atoms with Gasteiger partial charge in [0.15, 0.2) is 5.69 Å². The molecule has 36 heavy (non-hydrogen) atoms. The van der Waals surface area contributed by atoms with E-state index in [1.54, 1.807) is 11.4 Å². The molecule has 6 rings (SSSR count). The normalized spacial score (nSPS) is 14.6. The van der Waals surface area contributed by atoms with E-state index in [1.807, 2.05) is 61.5 Å². The largest absolute Gasteiger partial charge is 0.341 e. The van der Waals surface area contributed by atoms with Crippen LogP contribution < -0.4 is 10.9 Å². The van der Waals surface area contributed by atoms with Gasteiger partial charge in [0.1, 0.15) is 5.52 Å². The van der Waals surface area contributed by atoms with Gasteiger partial charge in [0.05, 0.1) is 16.9 Å². The Kier molecular flexibility index (Phi) is 5.23. The lowest BCUT2D eigenvalue weighted by Crippen LogP contribution is -2.51. The van der Waals surface area contributed by atoms with Gasteiger partial charge in [-0.1, -0.05) is 60.1 Å². The molecule has 2 heterocycles. The number of benzene rings is 3. The van der Waals surface area contributed by atoms with E-state index in [2.05, 4.69) is 27.5 Å². The Labute approximate surface area is 212 Å². The molecule has 0 aliphatic heterocycles. The van der Waals surface area contributed by atoms with Crippen LogP contribution >= 0.6 is 11.6 Å². The monoisotopic (exact) mass is 496 g/mol. The third-order valence-electron chi connectivity index (χ3n) is 7.47. The van der Waals surface area contributed by atoms with E-state index in [4.69, 9.17) is 11.6 Å². The number of rotatable bonds is 4. The number of H-pyrrole nitrogens is 1. The first-order valence-corrected chi connectivity index (χ1v) is 12.4. The summed E-state index contributed by atoms with van der Waals surface area (Å²) < 4.78 is 1.60. The Bertz CT molecular complexity index is 1710. The number of fused-ring (bicyclic) bond motifs is 2. The van der Waals surface area contributed by atoms with Gasteiger partial charge in [-0.25, -0.2) is 4.52 Å². The lowest BCUT2D eigenvalue weighted by molar-refractivity contribution is 0.0817. The molecule has 2 aromatic heterocycles. The van der Waals surface area contributed by atoms with Gasteiger partial charge in [0.2, 0.25) is 0 Å². The van der Waals surface area contributed by atoms with Gasteiger partial charge < -0.3 is 10.3 Å². The number of carbonyl (C=O) groups excluding carboxylic acids is 1. The van der Waals surface area contributed by atoms with Crippen LogP contribution in [0.5, 0.6) is 0 Å². The highest BCUT2D eigenvalue weighted by Crippen LogP contribution is 2.42. The molecular weight excluding hydrogens is 472 g/mol. The minimum Gasteiger partial charge on any atom is -0.341 e. The first kappa shape index (κ1) is 22.6. The lowest BCUT2D eigenvalue weighted by Gasteiger charge is -2.43. The van der Waals surface area contributed by atoms with Crippen LogP contribution in [0, 0.1) is 13.8 Å². The summed E-state index contributed by atoms with van der Waals surface area (Å²) >= 11 is 6.07. The average Bonchev–Trinajstić information content (AvgIpc) is 3.22. The second-order valence-corrected chi connectivity index (χ2v) is 10.0. The van der Waals surface area contributed by atoms with E-state index in [9.17, 15) is 9.59 Å². The number of amides is 1. The van der Waals surface area contributed by atoms with Crippen LogP contribution in [0.4, 0.5) is 0 Å². The molecule has 0 bridgehead atoms. The van der Waals surface area contributed by atoms with Crippen molar-refractivity contribution in [2.24, 2.45) is 0 Å². The summed E-state index contributed by atoms with van der Waals surface area (Å²) in [5.74, 6) is -0.281. The predicted octanol–water partition coefficient (Wildman–Crippen LogP) is 5.92. The summed E-state index contributed by atoms with van der Waals surface area (Å²) in [6.07, 6.45) is 2.72. The summed E-state index contributed by atoms with van der Waals surface area (Å²) in [6, 6.07) is 21.8. The van der Waals surface area contributed by atoms with Crippen molar-refractivity contribution < 1.29 is 4.79 Å². The Morgan fingerprint density at radius 3 is 2.44 bits per heavy atom. The lowest BCUT2D eigenvalue weighted by atomic mass is 9.71. The summed E-state index contributed by atoms with van der Waals surface area (Å²) in [5.41, 5.74) is 3.86. The van der Waals surface area contributed by atoms with Crippen molar-refractivity contribution in [3.05, 3.63) is 105 Å². The molecule has 0 spiro atoms. The van der Waals surface area contributed by atoms with Gasteiger partial charge in [-0.05, 0) is 67.6 Å². The molecule has 1 aliphatic carbocycles. The molecule has 7 heteroatoms. The molecule has 1 fully saturated rings. The number of hydrogen-bond donors (Lipinski definition) is 2. The second kappa shape index (κ2) is 8.35. The van der Waals surface area contributed by atoms with Crippen LogP contribution in [0.2, 0.25) is 5.02 Å². The van der Waals surface area contributed by atoms with Crippen molar-refractivity contribution in [3.63, 3.8) is 0 Å². The maximum atomic E-state index is 13.5. The fraction of sp³-hybridized carbons (Fsp3) is 0.207. The van der Waals surface area contributed by atoms with E-state index in [-0.39, 0.29) is 17.2 Å². The number of aromatic nitrogens is 3. The number of aryl methyl sites for hydroxylation is 2. The van der Waals surface area contributed by atoms with Gasteiger partial charge in [-0.3, -0.25) is 9.59 Å². The second-order valence-electron chi connectivity index (χ2n) is 9.61. The van der Waals surface area contributed by atoms with Crippen LogP contribution in [0.15, 0.2) is 71.5 Å². The summed E-state index contributed by atoms with van der Waals surface area (Å²) in [7, 11) is 0. The highest BCUT2D eigenvalue weighted by Gasteiger charge is 2.41. The highest BCUT2D eigenvalue weighted by atomic mass is 35.5. The zero-order valence-electron chi connectivity index (χ0n) is 20.1. The number of carbonyl (C=O) groups is 1. The number of aromatic amines is 1. The van der Waals surface area contributed by atoms with Gasteiger partial charge >= 0.3 is 0 Å². The summed E-state index contributed by atoms with van der Waals surface area (Å²) in [4.78, 5) is 29.7.